The van der Waals surface area contributed by atoms with Crippen molar-refractivity contribution >= 4 is 16.4 Å². The van der Waals surface area contributed by atoms with Gasteiger partial charge in [0.15, 0.2) is 0 Å². The minimum atomic E-state index is -4.21. The molecule has 0 amide bonds. The third kappa shape index (κ3) is 3.64. The van der Waals surface area contributed by atoms with E-state index in [0.29, 0.717) is 0 Å². The summed E-state index contributed by atoms with van der Waals surface area (Å²) in [6.45, 7) is 4.09. The summed E-state index contributed by atoms with van der Waals surface area (Å²) < 4.78 is 34.8. The second kappa shape index (κ2) is 5.96. The van der Waals surface area contributed by atoms with Gasteiger partial charge < -0.3 is 9.84 Å². The van der Waals surface area contributed by atoms with Gasteiger partial charge in [-0.2, -0.15) is 16.8 Å². The van der Waals surface area contributed by atoms with E-state index in [2.05, 4.69) is 15.3 Å². The number of aliphatic carboxylic acids is 1. The lowest BCUT2D eigenvalue weighted by molar-refractivity contribution is -0.337. The van der Waals surface area contributed by atoms with E-state index in [4.69, 9.17) is 9.84 Å². The number of ether oxygens (including phenoxy) is 1. The van der Waals surface area contributed by atoms with Gasteiger partial charge in [0.1, 0.15) is 0 Å². The van der Waals surface area contributed by atoms with Gasteiger partial charge >= 0.3 is 22.3 Å². The number of carboxylic acids is 1. The number of hydrogen-bond donors (Lipinski definition) is 1. The monoisotopic (exact) mass is 282 g/mol. The molecule has 0 spiro atoms. The Morgan fingerprint density at radius 1 is 1.39 bits per heavy atom. The molecular weight excluding hydrogens is 264 g/mol. The standard InChI is InChI=1S/C10H18O7S/c1-3-5-6-8(4-2)7-15-10(9(11)12)16-18(13,14)17-10/h8H,3-7H2,1-2H3,(H,11,12). The van der Waals surface area contributed by atoms with Crippen LogP contribution in [0.5, 0.6) is 0 Å². The molecule has 106 valence electrons. The van der Waals surface area contributed by atoms with E-state index in [9.17, 15) is 13.2 Å². The fourth-order valence-electron chi connectivity index (χ4n) is 1.58. The molecule has 1 unspecified atom stereocenters. The fourth-order valence-corrected chi connectivity index (χ4v) is 2.37. The number of hydrogen-bond acceptors (Lipinski definition) is 6. The first kappa shape index (κ1) is 15.4. The SMILES string of the molecule is CCCCC(CC)COC1(C(=O)O)OS(=O)(=O)O1. The summed E-state index contributed by atoms with van der Waals surface area (Å²) in [4.78, 5) is 10.9. The van der Waals surface area contributed by atoms with Gasteiger partial charge in [-0.3, -0.25) is 0 Å². The minimum Gasteiger partial charge on any atom is -0.475 e. The Labute approximate surface area is 106 Å². The maximum absolute atomic E-state index is 10.9. The van der Waals surface area contributed by atoms with Crippen molar-refractivity contribution in [2.24, 2.45) is 5.92 Å². The molecule has 0 aromatic rings. The average molecular weight is 282 g/mol. The summed E-state index contributed by atoms with van der Waals surface area (Å²) in [5.74, 6) is -3.95. The summed E-state index contributed by atoms with van der Waals surface area (Å²) >= 11 is 0. The molecule has 0 saturated carbocycles. The molecule has 0 bridgehead atoms. The van der Waals surface area contributed by atoms with Crippen LogP contribution in [-0.4, -0.2) is 32.1 Å². The number of carbonyl (C=O) groups is 1. The molecule has 0 radical (unpaired) electrons. The second-order valence-electron chi connectivity index (χ2n) is 4.16. The smallest absolute Gasteiger partial charge is 0.419 e. The van der Waals surface area contributed by atoms with Crippen LogP contribution in [-0.2, 0) is 28.3 Å². The van der Waals surface area contributed by atoms with Gasteiger partial charge in [0, 0.05) is 0 Å². The Bertz CT molecular complexity index is 377. The van der Waals surface area contributed by atoms with Gasteiger partial charge in [-0.15, -0.1) is 0 Å². The molecule has 1 fully saturated rings. The summed E-state index contributed by atoms with van der Waals surface area (Å²) in [7, 11) is -4.21. The Morgan fingerprint density at radius 3 is 2.39 bits per heavy atom. The van der Waals surface area contributed by atoms with Crippen LogP contribution in [0.25, 0.3) is 0 Å². The fraction of sp³-hybridized carbons (Fsp3) is 0.900. The number of unbranched alkanes of at least 4 members (excludes halogenated alkanes) is 1. The van der Waals surface area contributed by atoms with Gasteiger partial charge in [-0.1, -0.05) is 33.1 Å². The molecule has 1 aliphatic heterocycles. The van der Waals surface area contributed by atoms with E-state index >= 15 is 0 Å². The molecule has 1 rings (SSSR count). The molecule has 1 saturated heterocycles. The molecule has 1 atom stereocenters. The highest BCUT2D eigenvalue weighted by molar-refractivity contribution is 7.82. The van der Waals surface area contributed by atoms with Crippen LogP contribution >= 0.6 is 0 Å². The van der Waals surface area contributed by atoms with Crippen molar-refractivity contribution in [3.63, 3.8) is 0 Å². The zero-order valence-electron chi connectivity index (χ0n) is 10.4. The van der Waals surface area contributed by atoms with Gasteiger partial charge in [-0.25, -0.2) is 4.79 Å². The normalized spacial score (nSPS) is 22.1. The van der Waals surface area contributed by atoms with E-state index in [1.807, 2.05) is 6.92 Å². The second-order valence-corrected chi connectivity index (χ2v) is 5.31. The molecule has 1 heterocycles. The highest BCUT2D eigenvalue weighted by Crippen LogP contribution is 2.33. The molecular formula is C10H18O7S. The van der Waals surface area contributed by atoms with Gasteiger partial charge in [0.25, 0.3) is 0 Å². The molecule has 1 aliphatic rings. The van der Waals surface area contributed by atoms with Gasteiger partial charge in [-0.05, 0) is 12.3 Å². The summed E-state index contributed by atoms with van der Waals surface area (Å²) in [5.41, 5.74) is 0. The first-order valence-electron chi connectivity index (χ1n) is 5.88. The quantitative estimate of drug-likeness (QED) is 0.715. The lowest BCUT2D eigenvalue weighted by Crippen LogP contribution is -2.58. The van der Waals surface area contributed by atoms with Crippen molar-refractivity contribution in [3.8, 4) is 0 Å². The zero-order chi connectivity index (χ0) is 13.8. The van der Waals surface area contributed by atoms with Crippen molar-refractivity contribution in [1.29, 1.82) is 0 Å². The van der Waals surface area contributed by atoms with Crippen LogP contribution in [0.3, 0.4) is 0 Å². The predicted molar refractivity (Wildman–Crippen MR) is 60.7 cm³/mol. The van der Waals surface area contributed by atoms with Crippen LogP contribution < -0.4 is 0 Å². The molecule has 0 aromatic carbocycles. The van der Waals surface area contributed by atoms with Crippen molar-refractivity contribution in [2.45, 2.75) is 45.5 Å². The maximum atomic E-state index is 10.9. The lowest BCUT2D eigenvalue weighted by atomic mass is 10.0. The Hall–Kier alpha value is -0.700. The van der Waals surface area contributed by atoms with Crippen molar-refractivity contribution < 1.29 is 31.4 Å². The van der Waals surface area contributed by atoms with Crippen LogP contribution in [0.1, 0.15) is 39.5 Å². The lowest BCUT2D eigenvalue weighted by Gasteiger charge is -2.34. The van der Waals surface area contributed by atoms with Gasteiger partial charge in [0.2, 0.25) is 0 Å². The molecule has 0 aliphatic carbocycles. The predicted octanol–water partition coefficient (Wildman–Crippen LogP) is 1.25. The van der Waals surface area contributed by atoms with Crippen molar-refractivity contribution in [3.05, 3.63) is 0 Å². The van der Waals surface area contributed by atoms with Crippen molar-refractivity contribution in [1.82, 2.24) is 0 Å². The Morgan fingerprint density at radius 2 is 2.00 bits per heavy atom. The van der Waals surface area contributed by atoms with Crippen molar-refractivity contribution in [2.75, 3.05) is 6.61 Å². The molecule has 7 nitrogen and oxygen atoms in total. The summed E-state index contributed by atoms with van der Waals surface area (Å²) in [6, 6.07) is 0. The third-order valence-electron chi connectivity index (χ3n) is 2.74. The van der Waals surface area contributed by atoms with E-state index in [1.54, 1.807) is 0 Å². The zero-order valence-corrected chi connectivity index (χ0v) is 11.2. The highest BCUT2D eigenvalue weighted by Gasteiger charge is 2.61. The van der Waals surface area contributed by atoms with Crippen LogP contribution in [0, 0.1) is 5.92 Å². The highest BCUT2D eigenvalue weighted by atomic mass is 32.3. The third-order valence-corrected chi connectivity index (χ3v) is 3.58. The maximum Gasteiger partial charge on any atom is 0.419 e. The topological polar surface area (TPSA) is 99.1 Å². The Kier molecular flexibility index (Phi) is 5.09. The molecule has 18 heavy (non-hydrogen) atoms. The number of carboxylic acid groups (broad SMARTS) is 1. The van der Waals surface area contributed by atoms with Crippen LogP contribution in [0.15, 0.2) is 0 Å². The summed E-state index contributed by atoms with van der Waals surface area (Å²) in [6.07, 6.45) is 3.72. The van der Waals surface area contributed by atoms with E-state index in [-0.39, 0.29) is 12.5 Å². The Balaban J connectivity index is 2.51. The van der Waals surface area contributed by atoms with Gasteiger partial charge in [0.05, 0.1) is 6.61 Å². The first-order valence-corrected chi connectivity index (χ1v) is 7.22. The molecule has 1 N–H and O–H groups in total. The first-order chi connectivity index (χ1) is 8.35. The van der Waals surface area contributed by atoms with E-state index in [0.717, 1.165) is 25.7 Å². The average Bonchev–Trinajstić information content (AvgIpc) is 2.26. The summed E-state index contributed by atoms with van der Waals surface area (Å²) in [5, 5.41) is 8.84. The molecule has 0 aromatic heterocycles. The number of rotatable bonds is 8. The minimum absolute atomic E-state index is 0.0817. The largest absolute Gasteiger partial charge is 0.475 e. The van der Waals surface area contributed by atoms with Crippen LogP contribution in [0.2, 0.25) is 0 Å². The van der Waals surface area contributed by atoms with Crippen LogP contribution in [0.4, 0.5) is 0 Å². The molecule has 8 heteroatoms. The van der Waals surface area contributed by atoms with E-state index in [1.165, 1.54) is 0 Å². The van der Waals surface area contributed by atoms with E-state index < -0.39 is 22.3 Å².